The van der Waals surface area contributed by atoms with Gasteiger partial charge in [0.1, 0.15) is 5.75 Å². The first-order valence-corrected chi connectivity index (χ1v) is 7.86. The number of benzene rings is 2. The quantitative estimate of drug-likeness (QED) is 0.602. The lowest BCUT2D eigenvalue weighted by Gasteiger charge is -2.20. The van der Waals surface area contributed by atoms with E-state index in [2.05, 4.69) is 5.32 Å². The molecule has 0 atom stereocenters. The minimum atomic E-state index is -0.534. The minimum absolute atomic E-state index is 0.0206. The van der Waals surface area contributed by atoms with Crippen LogP contribution in [0.3, 0.4) is 0 Å². The van der Waals surface area contributed by atoms with E-state index in [0.29, 0.717) is 22.1 Å². The van der Waals surface area contributed by atoms with Crippen LogP contribution in [0, 0.1) is 10.1 Å². The van der Waals surface area contributed by atoms with Crippen molar-refractivity contribution in [3.63, 3.8) is 0 Å². The number of methoxy groups -OCH3 is 1. The number of hydrogen-bond acceptors (Lipinski definition) is 5. The molecule has 0 heterocycles. The molecule has 1 N–H and O–H groups in total. The van der Waals surface area contributed by atoms with Crippen molar-refractivity contribution in [2.45, 2.75) is 0 Å². The van der Waals surface area contributed by atoms with Crippen molar-refractivity contribution < 1.29 is 14.5 Å². The third-order valence-corrected chi connectivity index (χ3v) is 3.91. The number of nitro groups is 1. The van der Waals surface area contributed by atoms with E-state index in [-0.39, 0.29) is 23.2 Å². The van der Waals surface area contributed by atoms with Crippen LogP contribution >= 0.6 is 23.2 Å². The number of hydrogen-bond donors (Lipinski definition) is 1. The topological polar surface area (TPSA) is 84.7 Å². The van der Waals surface area contributed by atoms with Gasteiger partial charge in [0.05, 0.1) is 35.0 Å². The third-order valence-electron chi connectivity index (χ3n) is 3.37. The predicted molar refractivity (Wildman–Crippen MR) is 98.0 cm³/mol. The van der Waals surface area contributed by atoms with Crippen molar-refractivity contribution in [2.75, 3.05) is 30.9 Å². The van der Waals surface area contributed by atoms with Crippen LogP contribution in [0.25, 0.3) is 0 Å². The van der Waals surface area contributed by atoms with Crippen LogP contribution in [0.2, 0.25) is 10.0 Å². The van der Waals surface area contributed by atoms with Crippen LogP contribution in [0.15, 0.2) is 36.4 Å². The molecule has 2 aromatic rings. The highest BCUT2D eigenvalue weighted by molar-refractivity contribution is 6.33. The van der Waals surface area contributed by atoms with Gasteiger partial charge in [-0.2, -0.15) is 0 Å². The molecule has 0 saturated carbocycles. The average Bonchev–Trinajstić information content (AvgIpc) is 2.54. The number of halogens is 2. The van der Waals surface area contributed by atoms with Crippen molar-refractivity contribution in [3.8, 4) is 5.75 Å². The summed E-state index contributed by atoms with van der Waals surface area (Å²) in [6, 6.07) is 8.94. The summed E-state index contributed by atoms with van der Waals surface area (Å²) < 4.78 is 5.17. The number of anilines is 2. The Bertz CT molecular complexity index is 814. The maximum absolute atomic E-state index is 12.3. The molecular formula is C16H15Cl2N3O4. The number of non-ortho nitro benzene ring substituents is 1. The zero-order chi connectivity index (χ0) is 18.6. The number of rotatable bonds is 6. The highest BCUT2D eigenvalue weighted by atomic mass is 35.5. The first kappa shape index (κ1) is 18.8. The summed E-state index contributed by atoms with van der Waals surface area (Å²) in [5, 5.41) is 14.1. The SMILES string of the molecule is COc1ccc(Cl)cc1NC(=O)CN(C)c1ccc([N+](=O)[O-])cc1Cl. The molecular weight excluding hydrogens is 369 g/mol. The Balaban J connectivity index is 2.10. The van der Waals surface area contributed by atoms with Crippen LogP contribution in [-0.4, -0.2) is 31.5 Å². The molecule has 132 valence electrons. The number of nitrogens with zero attached hydrogens (tertiary/aromatic N) is 2. The summed E-state index contributed by atoms with van der Waals surface area (Å²) >= 11 is 12.0. The second-order valence-corrected chi connectivity index (χ2v) is 5.99. The number of ether oxygens (including phenoxy) is 1. The molecule has 0 unspecified atom stereocenters. The summed E-state index contributed by atoms with van der Waals surface area (Å²) in [5.41, 5.74) is 0.832. The maximum Gasteiger partial charge on any atom is 0.271 e. The summed E-state index contributed by atoms with van der Waals surface area (Å²) in [6.45, 7) is -0.0206. The van der Waals surface area contributed by atoms with Gasteiger partial charge in [0.2, 0.25) is 5.91 Å². The Morgan fingerprint density at radius 2 is 2.00 bits per heavy atom. The number of amides is 1. The molecule has 0 saturated heterocycles. The normalized spacial score (nSPS) is 10.2. The summed E-state index contributed by atoms with van der Waals surface area (Å²) in [5.74, 6) is 0.159. The number of nitro benzene ring substituents is 1. The van der Waals surface area contributed by atoms with Gasteiger partial charge in [0.15, 0.2) is 0 Å². The lowest BCUT2D eigenvalue weighted by molar-refractivity contribution is -0.384. The van der Waals surface area contributed by atoms with Crippen molar-refractivity contribution >= 4 is 46.2 Å². The monoisotopic (exact) mass is 383 g/mol. The van der Waals surface area contributed by atoms with Crippen LogP contribution in [0.1, 0.15) is 0 Å². The van der Waals surface area contributed by atoms with E-state index in [4.69, 9.17) is 27.9 Å². The Morgan fingerprint density at radius 3 is 2.60 bits per heavy atom. The molecule has 0 radical (unpaired) electrons. The highest BCUT2D eigenvalue weighted by Crippen LogP contribution is 2.30. The molecule has 25 heavy (non-hydrogen) atoms. The second-order valence-electron chi connectivity index (χ2n) is 5.14. The van der Waals surface area contributed by atoms with Gasteiger partial charge in [-0.1, -0.05) is 23.2 Å². The lowest BCUT2D eigenvalue weighted by Crippen LogP contribution is -2.30. The molecule has 2 rings (SSSR count). The Hall–Kier alpha value is -2.51. The average molecular weight is 384 g/mol. The molecule has 9 heteroatoms. The molecule has 0 fully saturated rings. The van der Waals surface area contributed by atoms with Gasteiger partial charge >= 0.3 is 0 Å². The number of carbonyl (C=O) groups is 1. The molecule has 0 bridgehead atoms. The molecule has 0 aliphatic rings. The van der Waals surface area contributed by atoms with Crippen LogP contribution in [0.4, 0.5) is 17.1 Å². The van der Waals surface area contributed by atoms with E-state index in [0.717, 1.165) is 0 Å². The van der Waals surface area contributed by atoms with Crippen LogP contribution < -0.4 is 15.0 Å². The van der Waals surface area contributed by atoms with Crippen LogP contribution in [0.5, 0.6) is 5.75 Å². The minimum Gasteiger partial charge on any atom is -0.495 e. The molecule has 0 aliphatic heterocycles. The molecule has 1 amide bonds. The Labute approximate surface area is 154 Å². The molecule has 2 aromatic carbocycles. The van der Waals surface area contributed by atoms with E-state index in [1.807, 2.05) is 0 Å². The standard InChI is InChI=1S/C16H15Cl2N3O4/c1-20(14-5-4-11(21(23)24)8-12(14)18)9-16(22)19-13-7-10(17)3-6-15(13)25-2/h3-8H,9H2,1-2H3,(H,19,22). The van der Waals surface area contributed by atoms with Gasteiger partial charge in [0, 0.05) is 24.2 Å². The first-order valence-electron chi connectivity index (χ1n) is 7.10. The maximum atomic E-state index is 12.3. The zero-order valence-corrected chi connectivity index (χ0v) is 15.0. The Morgan fingerprint density at radius 1 is 1.28 bits per heavy atom. The molecule has 0 spiro atoms. The van der Waals surface area contributed by atoms with Crippen molar-refractivity contribution in [2.24, 2.45) is 0 Å². The van der Waals surface area contributed by atoms with Gasteiger partial charge in [-0.3, -0.25) is 14.9 Å². The van der Waals surface area contributed by atoms with Crippen molar-refractivity contribution in [1.82, 2.24) is 0 Å². The Kier molecular flexibility index (Phi) is 6.06. The summed E-state index contributed by atoms with van der Waals surface area (Å²) in [7, 11) is 3.14. The largest absolute Gasteiger partial charge is 0.495 e. The van der Waals surface area contributed by atoms with Gasteiger partial charge in [0.25, 0.3) is 5.69 Å². The van der Waals surface area contributed by atoms with Crippen LogP contribution in [-0.2, 0) is 4.79 Å². The van der Waals surface area contributed by atoms with Gasteiger partial charge in [-0.15, -0.1) is 0 Å². The van der Waals surface area contributed by atoms with E-state index in [1.165, 1.54) is 25.3 Å². The predicted octanol–water partition coefficient (Wildman–Crippen LogP) is 3.99. The fourth-order valence-corrected chi connectivity index (χ4v) is 2.68. The van der Waals surface area contributed by atoms with Gasteiger partial charge in [-0.05, 0) is 24.3 Å². The van der Waals surface area contributed by atoms with E-state index in [9.17, 15) is 14.9 Å². The number of carbonyl (C=O) groups excluding carboxylic acids is 1. The number of nitrogens with one attached hydrogen (secondary N) is 1. The number of likely N-dealkylation sites (N-methyl/N-ethyl adjacent to an activating group) is 1. The first-order chi connectivity index (χ1) is 11.8. The van der Waals surface area contributed by atoms with Crippen molar-refractivity contribution in [1.29, 1.82) is 0 Å². The highest BCUT2D eigenvalue weighted by Gasteiger charge is 2.15. The zero-order valence-electron chi connectivity index (χ0n) is 13.5. The lowest BCUT2D eigenvalue weighted by atomic mass is 10.2. The van der Waals surface area contributed by atoms with Gasteiger partial charge < -0.3 is 15.0 Å². The fraction of sp³-hybridized carbons (Fsp3) is 0.188. The second kappa shape index (κ2) is 8.04. The smallest absolute Gasteiger partial charge is 0.271 e. The van der Waals surface area contributed by atoms with Crippen molar-refractivity contribution in [3.05, 3.63) is 56.6 Å². The summed E-state index contributed by atoms with van der Waals surface area (Å²) in [6.07, 6.45) is 0. The fourth-order valence-electron chi connectivity index (χ4n) is 2.19. The van der Waals surface area contributed by atoms with E-state index in [1.54, 1.807) is 30.1 Å². The van der Waals surface area contributed by atoms with Gasteiger partial charge in [-0.25, -0.2) is 0 Å². The third kappa shape index (κ3) is 4.74. The molecule has 0 aliphatic carbocycles. The molecule has 7 nitrogen and oxygen atoms in total. The van der Waals surface area contributed by atoms with E-state index >= 15 is 0 Å². The van der Waals surface area contributed by atoms with E-state index < -0.39 is 4.92 Å². The molecule has 0 aromatic heterocycles. The summed E-state index contributed by atoms with van der Waals surface area (Å²) in [4.78, 5) is 24.1.